The molecule has 0 atom stereocenters. The largest absolute Gasteiger partial charge is 0.480 e. The first kappa shape index (κ1) is 16.2. The number of halogens is 2. The fourth-order valence-electron chi connectivity index (χ4n) is 2.81. The smallest absolute Gasteiger partial charge is 0.162 e. The number of nitrogens with zero attached hydrogens (tertiary/aromatic N) is 2. The van der Waals surface area contributed by atoms with Gasteiger partial charge < -0.3 is 15.0 Å². The number of nitrogen functional groups attached to an aromatic ring is 1. The van der Waals surface area contributed by atoms with Crippen molar-refractivity contribution < 1.29 is 13.5 Å². The van der Waals surface area contributed by atoms with Crippen molar-refractivity contribution in [3.8, 4) is 5.75 Å². The lowest BCUT2D eigenvalue weighted by atomic mass is 10.1. The average Bonchev–Trinajstić information content (AvgIpc) is 2.89. The molecule has 0 aliphatic carbocycles. The molecular formula is C18H19F2N3O. The van der Waals surface area contributed by atoms with E-state index in [1.165, 1.54) is 6.07 Å². The first-order valence-corrected chi connectivity index (χ1v) is 7.72. The molecule has 0 aliphatic heterocycles. The standard InChI is InChI=1S/C18H19F2N3O/c1-4-23-16-8-5-11(21)9-15(16)22-17(23)18(2,3)24-12-6-7-13(19)14(20)10-12/h5-10H,4,21H2,1-3H3. The number of aryl methyl sites for hydroxylation is 1. The Hall–Kier alpha value is -2.63. The summed E-state index contributed by atoms with van der Waals surface area (Å²) in [5.74, 6) is -0.917. The van der Waals surface area contributed by atoms with E-state index in [1.807, 2.05) is 37.5 Å². The predicted molar refractivity (Wildman–Crippen MR) is 89.8 cm³/mol. The third-order valence-corrected chi connectivity index (χ3v) is 3.89. The fourth-order valence-corrected chi connectivity index (χ4v) is 2.81. The van der Waals surface area contributed by atoms with Gasteiger partial charge in [0.05, 0.1) is 11.0 Å². The molecule has 0 saturated heterocycles. The minimum Gasteiger partial charge on any atom is -0.480 e. The van der Waals surface area contributed by atoms with Crippen LogP contribution in [-0.4, -0.2) is 9.55 Å². The highest BCUT2D eigenvalue weighted by molar-refractivity contribution is 5.79. The van der Waals surface area contributed by atoms with Gasteiger partial charge in [-0.2, -0.15) is 0 Å². The molecule has 2 aromatic carbocycles. The van der Waals surface area contributed by atoms with Gasteiger partial charge in [0, 0.05) is 18.3 Å². The van der Waals surface area contributed by atoms with E-state index in [4.69, 9.17) is 10.5 Å². The highest BCUT2D eigenvalue weighted by Crippen LogP contribution is 2.31. The predicted octanol–water partition coefficient (Wildman–Crippen LogP) is 4.23. The van der Waals surface area contributed by atoms with Gasteiger partial charge in [-0.3, -0.25) is 0 Å². The van der Waals surface area contributed by atoms with Gasteiger partial charge in [0.2, 0.25) is 0 Å². The summed E-state index contributed by atoms with van der Waals surface area (Å²) in [5.41, 5.74) is 7.34. The van der Waals surface area contributed by atoms with Crippen molar-refractivity contribution in [3.05, 3.63) is 53.9 Å². The minimum atomic E-state index is -0.944. The molecule has 24 heavy (non-hydrogen) atoms. The van der Waals surface area contributed by atoms with Gasteiger partial charge in [-0.1, -0.05) is 0 Å². The fraction of sp³-hybridized carbons (Fsp3) is 0.278. The molecular weight excluding hydrogens is 312 g/mol. The van der Waals surface area contributed by atoms with E-state index in [-0.39, 0.29) is 5.75 Å². The Morgan fingerprint density at radius 2 is 1.88 bits per heavy atom. The minimum absolute atomic E-state index is 0.244. The molecule has 1 aromatic heterocycles. The molecule has 3 rings (SSSR count). The SMILES string of the molecule is CCn1c(C(C)(C)Oc2ccc(F)c(F)c2)nc2cc(N)ccc21. The number of rotatable bonds is 4. The summed E-state index contributed by atoms with van der Waals surface area (Å²) in [4.78, 5) is 4.64. The molecule has 0 spiro atoms. The second-order valence-corrected chi connectivity index (χ2v) is 6.12. The van der Waals surface area contributed by atoms with Crippen LogP contribution < -0.4 is 10.5 Å². The molecule has 0 amide bonds. The number of ether oxygens (including phenoxy) is 1. The first-order chi connectivity index (χ1) is 11.3. The molecule has 4 nitrogen and oxygen atoms in total. The van der Waals surface area contributed by atoms with E-state index >= 15 is 0 Å². The summed E-state index contributed by atoms with van der Waals surface area (Å²) in [5, 5.41) is 0. The average molecular weight is 331 g/mol. The van der Waals surface area contributed by atoms with Crippen molar-refractivity contribution in [2.75, 3.05) is 5.73 Å². The molecule has 1 heterocycles. The molecule has 0 unspecified atom stereocenters. The second kappa shape index (κ2) is 5.78. The molecule has 2 N–H and O–H groups in total. The van der Waals surface area contributed by atoms with Crippen LogP contribution in [-0.2, 0) is 12.1 Å². The molecule has 0 bridgehead atoms. The normalized spacial score (nSPS) is 11.9. The number of imidazole rings is 1. The lowest BCUT2D eigenvalue weighted by molar-refractivity contribution is 0.0943. The maximum absolute atomic E-state index is 13.4. The van der Waals surface area contributed by atoms with Gasteiger partial charge in [-0.15, -0.1) is 0 Å². The number of hydrogen-bond acceptors (Lipinski definition) is 3. The Balaban J connectivity index is 2.05. The molecule has 3 aromatic rings. The quantitative estimate of drug-likeness (QED) is 0.728. The van der Waals surface area contributed by atoms with Gasteiger partial charge >= 0.3 is 0 Å². The number of hydrogen-bond donors (Lipinski definition) is 1. The number of aromatic nitrogens is 2. The van der Waals surface area contributed by atoms with Crippen molar-refractivity contribution >= 4 is 16.7 Å². The second-order valence-electron chi connectivity index (χ2n) is 6.12. The van der Waals surface area contributed by atoms with Gasteiger partial charge in [0.25, 0.3) is 0 Å². The molecule has 6 heteroatoms. The van der Waals surface area contributed by atoms with Crippen LogP contribution in [0.2, 0.25) is 0 Å². The monoisotopic (exact) mass is 331 g/mol. The summed E-state index contributed by atoms with van der Waals surface area (Å²) in [7, 11) is 0. The highest BCUT2D eigenvalue weighted by Gasteiger charge is 2.30. The Kier molecular flexibility index (Phi) is 3.91. The van der Waals surface area contributed by atoms with Crippen LogP contribution in [0.15, 0.2) is 36.4 Å². The molecule has 0 aliphatic rings. The number of nitrogens with two attached hydrogens (primary N) is 1. The lowest BCUT2D eigenvalue weighted by Crippen LogP contribution is -2.29. The zero-order valence-electron chi connectivity index (χ0n) is 13.8. The summed E-state index contributed by atoms with van der Waals surface area (Å²) in [6, 6.07) is 9.02. The molecule has 0 radical (unpaired) electrons. The van der Waals surface area contributed by atoms with Crippen molar-refractivity contribution in [1.82, 2.24) is 9.55 Å². The summed E-state index contributed by atoms with van der Waals surface area (Å²) < 4.78 is 34.4. The molecule has 126 valence electrons. The van der Waals surface area contributed by atoms with Crippen LogP contribution in [0.25, 0.3) is 11.0 Å². The van der Waals surface area contributed by atoms with E-state index in [9.17, 15) is 8.78 Å². The number of fused-ring (bicyclic) bond motifs is 1. The zero-order valence-corrected chi connectivity index (χ0v) is 13.8. The van der Waals surface area contributed by atoms with Crippen LogP contribution in [0.4, 0.5) is 14.5 Å². The zero-order chi connectivity index (χ0) is 17.5. The van der Waals surface area contributed by atoms with Crippen LogP contribution in [0.1, 0.15) is 26.6 Å². The van der Waals surface area contributed by atoms with E-state index < -0.39 is 17.2 Å². The van der Waals surface area contributed by atoms with Gasteiger partial charge in [0.1, 0.15) is 5.75 Å². The van der Waals surface area contributed by atoms with Crippen LogP contribution >= 0.6 is 0 Å². The summed E-state index contributed by atoms with van der Waals surface area (Å²) in [6.07, 6.45) is 0. The maximum Gasteiger partial charge on any atom is 0.162 e. The Morgan fingerprint density at radius 1 is 1.12 bits per heavy atom. The van der Waals surface area contributed by atoms with Crippen molar-refractivity contribution in [1.29, 1.82) is 0 Å². The van der Waals surface area contributed by atoms with Crippen molar-refractivity contribution in [2.24, 2.45) is 0 Å². The highest BCUT2D eigenvalue weighted by atomic mass is 19.2. The van der Waals surface area contributed by atoms with Crippen LogP contribution in [0.3, 0.4) is 0 Å². The van der Waals surface area contributed by atoms with E-state index in [0.717, 1.165) is 23.2 Å². The molecule has 0 fully saturated rings. The van der Waals surface area contributed by atoms with Gasteiger partial charge in [-0.25, -0.2) is 13.8 Å². The summed E-state index contributed by atoms with van der Waals surface area (Å²) in [6.45, 7) is 6.38. The topological polar surface area (TPSA) is 53.1 Å². The van der Waals surface area contributed by atoms with Crippen molar-refractivity contribution in [2.45, 2.75) is 32.9 Å². The third-order valence-electron chi connectivity index (χ3n) is 3.89. The Morgan fingerprint density at radius 3 is 2.54 bits per heavy atom. The maximum atomic E-state index is 13.4. The summed E-state index contributed by atoms with van der Waals surface area (Å²) >= 11 is 0. The van der Waals surface area contributed by atoms with Gasteiger partial charge in [0.15, 0.2) is 23.1 Å². The van der Waals surface area contributed by atoms with Crippen molar-refractivity contribution in [3.63, 3.8) is 0 Å². The van der Waals surface area contributed by atoms with Crippen LogP contribution in [0, 0.1) is 11.6 Å². The first-order valence-electron chi connectivity index (χ1n) is 7.72. The molecule has 0 saturated carbocycles. The third kappa shape index (κ3) is 2.79. The van der Waals surface area contributed by atoms with Gasteiger partial charge in [-0.05, 0) is 51.1 Å². The van der Waals surface area contributed by atoms with E-state index in [1.54, 1.807) is 6.07 Å². The Labute approximate surface area is 138 Å². The van der Waals surface area contributed by atoms with Crippen LogP contribution in [0.5, 0.6) is 5.75 Å². The van der Waals surface area contributed by atoms with E-state index in [0.29, 0.717) is 18.1 Å². The number of anilines is 1. The van der Waals surface area contributed by atoms with E-state index in [2.05, 4.69) is 4.98 Å². The lowest BCUT2D eigenvalue weighted by Gasteiger charge is -2.26. The number of benzene rings is 2. The Bertz CT molecular complexity index is 903.